The molecule has 0 aliphatic heterocycles. The van der Waals surface area contributed by atoms with Gasteiger partial charge in [-0.15, -0.1) is 0 Å². The summed E-state index contributed by atoms with van der Waals surface area (Å²) in [5.41, 5.74) is 6.87. The van der Waals surface area contributed by atoms with Gasteiger partial charge in [0.05, 0.1) is 0 Å². The Hall–Kier alpha value is -1.88. The van der Waals surface area contributed by atoms with Gasteiger partial charge in [-0.25, -0.2) is 4.39 Å². The summed E-state index contributed by atoms with van der Waals surface area (Å²) >= 11 is 3.30. The third-order valence-corrected chi connectivity index (χ3v) is 3.42. The molecular formula is C14H12BrFN2O. The summed E-state index contributed by atoms with van der Waals surface area (Å²) in [6, 6.07) is 11.6. The van der Waals surface area contributed by atoms with Crippen molar-refractivity contribution in [3.05, 3.63) is 63.9 Å². The van der Waals surface area contributed by atoms with Gasteiger partial charge in [-0.2, -0.15) is 0 Å². The van der Waals surface area contributed by atoms with E-state index in [-0.39, 0.29) is 5.82 Å². The smallest absolute Gasteiger partial charge is 0.248 e. The van der Waals surface area contributed by atoms with Crippen LogP contribution in [0.1, 0.15) is 15.9 Å². The highest BCUT2D eigenvalue weighted by molar-refractivity contribution is 9.10. The molecule has 19 heavy (non-hydrogen) atoms. The molecular weight excluding hydrogens is 311 g/mol. The minimum Gasteiger partial charge on any atom is -0.381 e. The van der Waals surface area contributed by atoms with Gasteiger partial charge in [0.1, 0.15) is 5.82 Å². The van der Waals surface area contributed by atoms with E-state index < -0.39 is 5.91 Å². The highest BCUT2D eigenvalue weighted by Gasteiger charge is 2.06. The van der Waals surface area contributed by atoms with Gasteiger partial charge >= 0.3 is 0 Å². The highest BCUT2D eigenvalue weighted by atomic mass is 79.9. The van der Waals surface area contributed by atoms with Crippen LogP contribution < -0.4 is 11.1 Å². The molecule has 0 aliphatic rings. The largest absolute Gasteiger partial charge is 0.381 e. The van der Waals surface area contributed by atoms with Crippen LogP contribution in [0.5, 0.6) is 0 Å². The molecule has 0 aromatic heterocycles. The number of carbonyl (C=O) groups is 1. The molecule has 2 rings (SSSR count). The highest BCUT2D eigenvalue weighted by Crippen LogP contribution is 2.21. The predicted octanol–water partition coefficient (Wildman–Crippen LogP) is 3.30. The van der Waals surface area contributed by atoms with E-state index in [0.29, 0.717) is 27.8 Å². The number of primary amides is 1. The second-order valence-corrected chi connectivity index (χ2v) is 4.85. The summed E-state index contributed by atoms with van der Waals surface area (Å²) in [6.45, 7) is 0.315. The van der Waals surface area contributed by atoms with Crippen LogP contribution in [0, 0.1) is 5.82 Å². The number of halogens is 2. The van der Waals surface area contributed by atoms with Gasteiger partial charge in [0.15, 0.2) is 0 Å². The van der Waals surface area contributed by atoms with Crippen molar-refractivity contribution in [1.82, 2.24) is 0 Å². The Bertz CT molecular complexity index is 596. The molecule has 0 bridgehead atoms. The van der Waals surface area contributed by atoms with Gasteiger partial charge in [0.2, 0.25) is 5.91 Å². The fourth-order valence-corrected chi connectivity index (χ4v) is 2.16. The lowest BCUT2D eigenvalue weighted by Gasteiger charge is -2.10. The van der Waals surface area contributed by atoms with Crippen molar-refractivity contribution >= 4 is 27.5 Å². The van der Waals surface area contributed by atoms with Crippen LogP contribution in [0.4, 0.5) is 10.1 Å². The van der Waals surface area contributed by atoms with E-state index in [9.17, 15) is 9.18 Å². The van der Waals surface area contributed by atoms with Crippen LogP contribution in [0.25, 0.3) is 0 Å². The fourth-order valence-electron chi connectivity index (χ4n) is 1.67. The van der Waals surface area contributed by atoms with Crippen LogP contribution >= 0.6 is 15.9 Å². The molecule has 0 saturated heterocycles. The van der Waals surface area contributed by atoms with Gasteiger partial charge in [0.25, 0.3) is 0 Å². The Morgan fingerprint density at radius 2 is 2.00 bits per heavy atom. The Kier molecular flexibility index (Phi) is 4.16. The van der Waals surface area contributed by atoms with Crippen molar-refractivity contribution in [2.75, 3.05) is 5.32 Å². The number of nitrogens with one attached hydrogen (secondary N) is 1. The van der Waals surface area contributed by atoms with E-state index in [0.717, 1.165) is 0 Å². The van der Waals surface area contributed by atoms with Crippen LogP contribution in [-0.2, 0) is 6.54 Å². The molecule has 3 nitrogen and oxygen atoms in total. The minimum atomic E-state index is -0.490. The standard InChI is InChI=1S/C14H12BrFN2O/c15-12-5-2-6-13(16)11(12)8-18-10-4-1-3-9(7-10)14(17)19/h1-7,18H,8H2,(H2,17,19). The summed E-state index contributed by atoms with van der Waals surface area (Å²) in [5, 5.41) is 3.06. The molecule has 0 saturated carbocycles. The maximum atomic E-state index is 13.6. The van der Waals surface area contributed by atoms with E-state index in [4.69, 9.17) is 5.73 Å². The lowest BCUT2D eigenvalue weighted by atomic mass is 10.1. The molecule has 0 radical (unpaired) electrons. The monoisotopic (exact) mass is 322 g/mol. The topological polar surface area (TPSA) is 55.1 Å². The molecule has 2 aromatic carbocycles. The van der Waals surface area contributed by atoms with E-state index in [1.165, 1.54) is 6.07 Å². The second-order valence-electron chi connectivity index (χ2n) is 4.00. The molecule has 0 fully saturated rings. The van der Waals surface area contributed by atoms with Crippen molar-refractivity contribution < 1.29 is 9.18 Å². The maximum Gasteiger partial charge on any atom is 0.248 e. The Balaban J connectivity index is 2.15. The predicted molar refractivity (Wildman–Crippen MR) is 76.4 cm³/mol. The summed E-state index contributed by atoms with van der Waals surface area (Å²) in [4.78, 5) is 11.1. The van der Waals surface area contributed by atoms with Crippen LogP contribution in [0.15, 0.2) is 46.9 Å². The van der Waals surface area contributed by atoms with E-state index in [1.807, 2.05) is 0 Å². The van der Waals surface area contributed by atoms with Crippen molar-refractivity contribution in [3.8, 4) is 0 Å². The van der Waals surface area contributed by atoms with Gasteiger partial charge < -0.3 is 11.1 Å². The molecule has 1 amide bonds. The zero-order valence-electron chi connectivity index (χ0n) is 9.99. The zero-order chi connectivity index (χ0) is 13.8. The van der Waals surface area contributed by atoms with Crippen molar-refractivity contribution in [1.29, 1.82) is 0 Å². The van der Waals surface area contributed by atoms with E-state index in [2.05, 4.69) is 21.2 Å². The van der Waals surface area contributed by atoms with Crippen molar-refractivity contribution in [2.24, 2.45) is 5.73 Å². The third-order valence-electron chi connectivity index (χ3n) is 2.68. The number of benzene rings is 2. The number of rotatable bonds is 4. The number of carbonyl (C=O) groups excluding carboxylic acids is 1. The minimum absolute atomic E-state index is 0.284. The molecule has 5 heteroatoms. The van der Waals surface area contributed by atoms with Crippen molar-refractivity contribution in [2.45, 2.75) is 6.54 Å². The molecule has 0 aliphatic carbocycles. The molecule has 98 valence electrons. The van der Waals surface area contributed by atoms with Gasteiger partial charge in [-0.1, -0.05) is 28.1 Å². The quantitative estimate of drug-likeness (QED) is 0.907. The fraction of sp³-hybridized carbons (Fsp3) is 0.0714. The van der Waals surface area contributed by atoms with Crippen LogP contribution in [-0.4, -0.2) is 5.91 Å². The molecule has 0 heterocycles. The Labute approximate surface area is 118 Å². The summed E-state index contributed by atoms with van der Waals surface area (Å²) in [6.07, 6.45) is 0. The van der Waals surface area contributed by atoms with Gasteiger partial charge in [-0.05, 0) is 30.3 Å². The Morgan fingerprint density at radius 1 is 1.26 bits per heavy atom. The van der Waals surface area contributed by atoms with Crippen LogP contribution in [0.2, 0.25) is 0 Å². The number of anilines is 1. The van der Waals surface area contributed by atoms with Crippen molar-refractivity contribution in [3.63, 3.8) is 0 Å². The number of nitrogens with two attached hydrogens (primary N) is 1. The first kappa shape index (κ1) is 13.5. The molecule has 3 N–H and O–H groups in total. The van der Waals surface area contributed by atoms with E-state index in [1.54, 1.807) is 36.4 Å². The SMILES string of the molecule is NC(=O)c1cccc(NCc2c(F)cccc2Br)c1. The molecule has 0 unspecified atom stereocenters. The van der Waals surface area contributed by atoms with Gasteiger partial charge in [0, 0.05) is 27.8 Å². The van der Waals surface area contributed by atoms with Crippen LogP contribution in [0.3, 0.4) is 0 Å². The molecule has 0 spiro atoms. The maximum absolute atomic E-state index is 13.6. The number of amides is 1. The second kappa shape index (κ2) is 5.84. The normalized spacial score (nSPS) is 10.2. The molecule has 2 aromatic rings. The number of hydrogen-bond donors (Lipinski definition) is 2. The summed E-state index contributed by atoms with van der Waals surface area (Å²) in [7, 11) is 0. The molecule has 0 atom stereocenters. The summed E-state index contributed by atoms with van der Waals surface area (Å²) in [5.74, 6) is -0.774. The first-order chi connectivity index (χ1) is 9.08. The van der Waals surface area contributed by atoms with E-state index >= 15 is 0 Å². The first-order valence-corrected chi connectivity index (χ1v) is 6.44. The third kappa shape index (κ3) is 3.32. The average molecular weight is 323 g/mol. The zero-order valence-corrected chi connectivity index (χ0v) is 11.6. The lowest BCUT2D eigenvalue weighted by molar-refractivity contribution is 0.100. The number of hydrogen-bond acceptors (Lipinski definition) is 2. The lowest BCUT2D eigenvalue weighted by Crippen LogP contribution is -2.11. The first-order valence-electron chi connectivity index (χ1n) is 5.64. The van der Waals surface area contributed by atoms with Gasteiger partial charge in [-0.3, -0.25) is 4.79 Å². The Morgan fingerprint density at radius 3 is 2.68 bits per heavy atom. The average Bonchev–Trinajstić information content (AvgIpc) is 2.38. The summed E-state index contributed by atoms with van der Waals surface area (Å²) < 4.78 is 14.3.